The molecule has 3 rings (SSSR count). The lowest BCUT2D eigenvalue weighted by Gasteiger charge is -2.32. The van der Waals surface area contributed by atoms with Gasteiger partial charge in [-0.3, -0.25) is 9.48 Å². The van der Waals surface area contributed by atoms with Gasteiger partial charge in [0, 0.05) is 25.2 Å². The van der Waals surface area contributed by atoms with Crippen molar-refractivity contribution in [2.45, 2.75) is 45.6 Å². The van der Waals surface area contributed by atoms with E-state index in [1.807, 2.05) is 31.7 Å². The topological polar surface area (TPSA) is 88.6 Å². The Labute approximate surface area is 146 Å². The Kier molecular flexibility index (Phi) is 4.65. The van der Waals surface area contributed by atoms with Crippen molar-refractivity contribution < 1.29 is 19.1 Å². The molecule has 2 aromatic heterocycles. The van der Waals surface area contributed by atoms with Crippen LogP contribution in [-0.2, 0) is 0 Å². The van der Waals surface area contributed by atoms with Crippen molar-refractivity contribution >= 4 is 11.9 Å². The molecule has 0 bridgehead atoms. The maximum absolute atomic E-state index is 12.8. The van der Waals surface area contributed by atoms with Crippen LogP contribution in [0.1, 0.15) is 70.9 Å². The lowest BCUT2D eigenvalue weighted by molar-refractivity contribution is 0.0686. The fourth-order valence-corrected chi connectivity index (χ4v) is 3.15. The maximum Gasteiger partial charge on any atom is 0.338 e. The molecule has 1 amide bonds. The van der Waals surface area contributed by atoms with E-state index >= 15 is 0 Å². The number of hydrogen-bond acceptors (Lipinski definition) is 4. The summed E-state index contributed by atoms with van der Waals surface area (Å²) < 4.78 is 7.39. The number of nitrogens with zero attached hydrogens (tertiary/aromatic N) is 3. The Hall–Kier alpha value is -2.57. The molecule has 0 spiro atoms. The van der Waals surface area contributed by atoms with E-state index in [0.717, 1.165) is 18.6 Å². The molecule has 0 aliphatic carbocycles. The van der Waals surface area contributed by atoms with Crippen molar-refractivity contribution in [3.05, 3.63) is 41.1 Å². The Balaban J connectivity index is 1.65. The molecule has 1 N–H and O–H groups in total. The van der Waals surface area contributed by atoms with Crippen molar-refractivity contribution in [2.24, 2.45) is 0 Å². The first-order valence-corrected chi connectivity index (χ1v) is 8.54. The second kappa shape index (κ2) is 6.74. The molecule has 0 aromatic carbocycles. The van der Waals surface area contributed by atoms with Crippen molar-refractivity contribution in [2.75, 3.05) is 13.1 Å². The van der Waals surface area contributed by atoms with Gasteiger partial charge < -0.3 is 14.4 Å². The molecule has 1 aliphatic heterocycles. The Morgan fingerprint density at radius 3 is 2.52 bits per heavy atom. The van der Waals surface area contributed by atoms with Gasteiger partial charge in [-0.05, 0) is 25.8 Å². The molecule has 3 heterocycles. The number of carboxylic acid groups (broad SMARTS) is 1. The summed E-state index contributed by atoms with van der Waals surface area (Å²) in [4.78, 5) is 25.6. The first-order chi connectivity index (χ1) is 11.9. The lowest BCUT2D eigenvalue weighted by atomic mass is 10.0. The number of hydrogen-bond donors (Lipinski definition) is 1. The zero-order valence-corrected chi connectivity index (χ0v) is 14.7. The van der Waals surface area contributed by atoms with Crippen LogP contribution in [0.5, 0.6) is 0 Å². The second-order valence-corrected chi connectivity index (χ2v) is 6.81. The fraction of sp³-hybridized carbons (Fsp3) is 0.500. The number of furan rings is 1. The lowest BCUT2D eigenvalue weighted by Crippen LogP contribution is -2.39. The molecule has 0 radical (unpaired) electrons. The summed E-state index contributed by atoms with van der Waals surface area (Å²) in [6.45, 7) is 7.13. The number of rotatable bonds is 4. The minimum absolute atomic E-state index is 0.00158. The number of likely N-dealkylation sites (tertiary alicyclic amines) is 1. The number of carbonyl (C=O) groups excluding carboxylic acids is 1. The Bertz CT molecular complexity index is 782. The molecule has 25 heavy (non-hydrogen) atoms. The van der Waals surface area contributed by atoms with E-state index < -0.39 is 5.97 Å². The van der Waals surface area contributed by atoms with Crippen LogP contribution in [0.15, 0.2) is 22.9 Å². The van der Waals surface area contributed by atoms with Crippen molar-refractivity contribution in [3.8, 4) is 0 Å². The van der Waals surface area contributed by atoms with Crippen molar-refractivity contribution in [3.63, 3.8) is 0 Å². The largest absolute Gasteiger partial charge is 0.478 e. The number of amides is 1. The normalized spacial score (nSPS) is 15.8. The van der Waals surface area contributed by atoms with E-state index in [1.54, 1.807) is 10.9 Å². The third-order valence-electron chi connectivity index (χ3n) is 4.71. The number of carboxylic acids is 1. The van der Waals surface area contributed by atoms with Gasteiger partial charge in [0.1, 0.15) is 11.5 Å². The zero-order chi connectivity index (χ0) is 18.1. The second-order valence-electron chi connectivity index (χ2n) is 6.81. The molecule has 134 valence electrons. The van der Waals surface area contributed by atoms with Crippen LogP contribution in [0.2, 0.25) is 0 Å². The monoisotopic (exact) mass is 345 g/mol. The maximum atomic E-state index is 12.8. The van der Waals surface area contributed by atoms with Crippen LogP contribution in [-0.4, -0.2) is 44.8 Å². The van der Waals surface area contributed by atoms with Gasteiger partial charge in [-0.1, -0.05) is 13.8 Å². The smallest absolute Gasteiger partial charge is 0.338 e. The highest BCUT2D eigenvalue weighted by Gasteiger charge is 2.27. The Morgan fingerprint density at radius 1 is 1.32 bits per heavy atom. The van der Waals surface area contributed by atoms with Crippen LogP contribution in [0.3, 0.4) is 0 Å². The van der Waals surface area contributed by atoms with Crippen LogP contribution in [0, 0.1) is 6.92 Å². The van der Waals surface area contributed by atoms with Gasteiger partial charge in [-0.25, -0.2) is 4.79 Å². The minimum atomic E-state index is -0.977. The summed E-state index contributed by atoms with van der Waals surface area (Å²) in [5, 5.41) is 13.1. The highest BCUT2D eigenvalue weighted by atomic mass is 16.4. The van der Waals surface area contributed by atoms with E-state index in [0.29, 0.717) is 24.4 Å². The molecular weight excluding hydrogens is 322 g/mol. The Morgan fingerprint density at radius 2 is 2.00 bits per heavy atom. The fourth-order valence-electron chi connectivity index (χ4n) is 3.15. The van der Waals surface area contributed by atoms with E-state index in [4.69, 9.17) is 9.52 Å². The van der Waals surface area contributed by atoms with Crippen molar-refractivity contribution in [1.29, 1.82) is 0 Å². The van der Waals surface area contributed by atoms with Crippen molar-refractivity contribution in [1.82, 2.24) is 14.7 Å². The van der Waals surface area contributed by atoms with Crippen LogP contribution >= 0.6 is 0 Å². The van der Waals surface area contributed by atoms with E-state index in [9.17, 15) is 9.59 Å². The zero-order valence-electron chi connectivity index (χ0n) is 14.7. The summed E-state index contributed by atoms with van der Waals surface area (Å²) in [7, 11) is 0. The first kappa shape index (κ1) is 17.3. The number of aromatic nitrogens is 2. The van der Waals surface area contributed by atoms with E-state index in [2.05, 4.69) is 5.10 Å². The van der Waals surface area contributed by atoms with Gasteiger partial charge in [0.15, 0.2) is 0 Å². The van der Waals surface area contributed by atoms with Gasteiger partial charge in [0.2, 0.25) is 0 Å². The summed E-state index contributed by atoms with van der Waals surface area (Å²) in [6.07, 6.45) is 4.42. The SMILES string of the molecule is Cc1oc(C(C)C)cc1C(=O)N1CCC(n2cc(C(=O)O)cn2)CC1. The molecule has 2 aromatic rings. The van der Waals surface area contributed by atoms with Gasteiger partial charge in [0.25, 0.3) is 5.91 Å². The summed E-state index contributed by atoms with van der Waals surface area (Å²) in [6, 6.07) is 1.97. The third kappa shape index (κ3) is 3.45. The standard InChI is InChI=1S/C18H23N3O4/c1-11(2)16-8-15(12(3)25-16)17(22)20-6-4-14(5-7-20)21-10-13(9-19-21)18(23)24/h8-11,14H,4-7H2,1-3H3,(H,23,24). The molecule has 0 saturated carbocycles. The highest BCUT2D eigenvalue weighted by molar-refractivity contribution is 5.95. The average molecular weight is 345 g/mol. The van der Waals surface area contributed by atoms with E-state index in [1.165, 1.54) is 6.20 Å². The number of aromatic carboxylic acids is 1. The van der Waals surface area contributed by atoms with E-state index in [-0.39, 0.29) is 23.4 Å². The van der Waals surface area contributed by atoms with Gasteiger partial charge in [-0.2, -0.15) is 5.10 Å². The molecule has 1 fully saturated rings. The van der Waals surface area contributed by atoms with Crippen LogP contribution in [0.4, 0.5) is 0 Å². The van der Waals surface area contributed by atoms with Crippen LogP contribution < -0.4 is 0 Å². The molecule has 1 aliphatic rings. The molecule has 0 atom stereocenters. The number of carbonyl (C=O) groups is 2. The van der Waals surface area contributed by atoms with Crippen LogP contribution in [0.25, 0.3) is 0 Å². The minimum Gasteiger partial charge on any atom is -0.478 e. The van der Waals surface area contributed by atoms with Gasteiger partial charge in [-0.15, -0.1) is 0 Å². The number of aryl methyl sites for hydroxylation is 1. The van der Waals surface area contributed by atoms with Gasteiger partial charge >= 0.3 is 5.97 Å². The number of piperidine rings is 1. The molecule has 7 heteroatoms. The third-order valence-corrected chi connectivity index (χ3v) is 4.71. The quantitative estimate of drug-likeness (QED) is 0.920. The molecule has 7 nitrogen and oxygen atoms in total. The predicted octanol–water partition coefficient (Wildman–Crippen LogP) is 3.08. The first-order valence-electron chi connectivity index (χ1n) is 8.54. The molecule has 0 unspecified atom stereocenters. The summed E-state index contributed by atoms with van der Waals surface area (Å²) >= 11 is 0. The highest BCUT2D eigenvalue weighted by Crippen LogP contribution is 2.26. The molecular formula is C18H23N3O4. The van der Waals surface area contributed by atoms with Gasteiger partial charge in [0.05, 0.1) is 23.4 Å². The molecule has 1 saturated heterocycles. The average Bonchev–Trinajstić information content (AvgIpc) is 3.21. The summed E-state index contributed by atoms with van der Waals surface area (Å²) in [5.41, 5.74) is 0.822. The summed E-state index contributed by atoms with van der Waals surface area (Å²) in [5.74, 6) is 0.755. The predicted molar refractivity (Wildman–Crippen MR) is 90.9 cm³/mol.